The third-order valence-electron chi connectivity index (χ3n) is 6.14. The van der Waals surface area contributed by atoms with Gasteiger partial charge in [0.25, 0.3) is 0 Å². The summed E-state index contributed by atoms with van der Waals surface area (Å²) >= 11 is 0. The summed E-state index contributed by atoms with van der Waals surface area (Å²) in [6, 6.07) is 10.0. The first-order valence-corrected chi connectivity index (χ1v) is 9.63. The molecule has 1 aliphatic carbocycles. The summed E-state index contributed by atoms with van der Waals surface area (Å²) in [4.78, 5) is 26.0. The zero-order valence-corrected chi connectivity index (χ0v) is 16.0. The van der Waals surface area contributed by atoms with Crippen LogP contribution in [0.5, 0.6) is 5.75 Å². The standard InChI is InChI=1S/C22H24N2O4/c1-24(10-12-28-13-11-24)18(23)9-7-14-6-8-17(25)20-19(14)21(26)15-4-2-3-5-16(15)22(20)27/h2-6,8,18H,7,9-13,23H2,1H3/p+1. The quantitative estimate of drug-likeness (QED) is 0.674. The van der Waals surface area contributed by atoms with Gasteiger partial charge in [-0.25, -0.2) is 0 Å². The van der Waals surface area contributed by atoms with Gasteiger partial charge in [-0.05, 0) is 18.1 Å². The number of quaternary nitrogens is 1. The molecule has 1 unspecified atom stereocenters. The summed E-state index contributed by atoms with van der Waals surface area (Å²) in [5.74, 6) is -0.666. The zero-order valence-electron chi connectivity index (χ0n) is 16.0. The molecule has 1 fully saturated rings. The second-order valence-electron chi connectivity index (χ2n) is 7.84. The van der Waals surface area contributed by atoms with Crippen molar-refractivity contribution in [1.29, 1.82) is 0 Å². The second-order valence-corrected chi connectivity index (χ2v) is 7.84. The van der Waals surface area contributed by atoms with Gasteiger partial charge in [-0.15, -0.1) is 0 Å². The number of aromatic hydroxyl groups is 1. The molecule has 2 aromatic rings. The van der Waals surface area contributed by atoms with Gasteiger partial charge in [-0.1, -0.05) is 30.3 Å². The van der Waals surface area contributed by atoms with E-state index >= 15 is 0 Å². The molecule has 0 aromatic heterocycles. The summed E-state index contributed by atoms with van der Waals surface area (Å²) in [6.45, 7) is 3.12. The van der Waals surface area contributed by atoms with Crippen molar-refractivity contribution in [3.05, 3.63) is 64.2 Å². The smallest absolute Gasteiger partial charge is 0.198 e. The summed E-state index contributed by atoms with van der Waals surface area (Å²) < 4.78 is 6.18. The molecular formula is C22H25N2O4+. The number of hydrogen-bond acceptors (Lipinski definition) is 5. The Labute approximate surface area is 164 Å². The Morgan fingerprint density at radius 3 is 2.29 bits per heavy atom. The maximum absolute atomic E-state index is 13.1. The van der Waals surface area contributed by atoms with Crippen LogP contribution < -0.4 is 5.73 Å². The fourth-order valence-electron chi connectivity index (χ4n) is 4.19. The predicted molar refractivity (Wildman–Crippen MR) is 104 cm³/mol. The molecule has 4 rings (SSSR count). The van der Waals surface area contributed by atoms with Crippen LogP contribution in [0.25, 0.3) is 0 Å². The third-order valence-corrected chi connectivity index (χ3v) is 6.14. The van der Waals surface area contributed by atoms with E-state index < -0.39 is 0 Å². The highest BCUT2D eigenvalue weighted by Crippen LogP contribution is 2.35. The van der Waals surface area contributed by atoms with E-state index in [0.717, 1.165) is 23.1 Å². The van der Waals surface area contributed by atoms with E-state index in [1.165, 1.54) is 6.07 Å². The van der Waals surface area contributed by atoms with Crippen molar-refractivity contribution in [3.8, 4) is 5.75 Å². The number of carbonyl (C=O) groups is 2. The number of phenolic OH excluding ortho intramolecular Hbond substituents is 1. The van der Waals surface area contributed by atoms with Crippen LogP contribution in [-0.4, -0.2) is 60.7 Å². The van der Waals surface area contributed by atoms with Crippen molar-refractivity contribution in [3.63, 3.8) is 0 Å². The number of hydrogen-bond donors (Lipinski definition) is 2. The largest absolute Gasteiger partial charge is 0.507 e. The lowest BCUT2D eigenvalue weighted by Crippen LogP contribution is -2.61. The van der Waals surface area contributed by atoms with E-state index in [4.69, 9.17) is 10.5 Å². The number of phenols is 1. The Balaban J connectivity index is 1.65. The third kappa shape index (κ3) is 3.03. The Kier molecular flexibility index (Phi) is 4.79. The molecule has 0 radical (unpaired) electrons. The van der Waals surface area contributed by atoms with Crippen LogP contribution >= 0.6 is 0 Å². The second kappa shape index (κ2) is 7.13. The number of benzene rings is 2. The topological polar surface area (TPSA) is 89.6 Å². The highest BCUT2D eigenvalue weighted by atomic mass is 16.5. The molecule has 0 saturated carbocycles. The molecule has 0 spiro atoms. The van der Waals surface area contributed by atoms with Crippen molar-refractivity contribution in [2.75, 3.05) is 33.4 Å². The number of nitrogens with two attached hydrogens (primary N) is 1. The molecule has 0 bridgehead atoms. The Bertz CT molecular complexity index is 948. The maximum atomic E-state index is 13.1. The van der Waals surface area contributed by atoms with Crippen LogP contribution in [0, 0.1) is 0 Å². The van der Waals surface area contributed by atoms with Crippen LogP contribution in [-0.2, 0) is 11.2 Å². The molecule has 1 atom stereocenters. The van der Waals surface area contributed by atoms with E-state index in [-0.39, 0.29) is 29.0 Å². The highest BCUT2D eigenvalue weighted by Gasteiger charge is 2.35. The number of aryl methyl sites for hydroxylation is 1. The molecule has 1 saturated heterocycles. The van der Waals surface area contributed by atoms with Crippen molar-refractivity contribution in [1.82, 2.24) is 0 Å². The number of carbonyl (C=O) groups excluding carboxylic acids is 2. The van der Waals surface area contributed by atoms with Gasteiger partial charge in [0, 0.05) is 23.1 Å². The van der Waals surface area contributed by atoms with Crippen molar-refractivity contribution >= 4 is 11.6 Å². The van der Waals surface area contributed by atoms with Crippen molar-refractivity contribution in [2.24, 2.45) is 5.73 Å². The Hall–Kier alpha value is -2.54. The Morgan fingerprint density at radius 1 is 1.04 bits per heavy atom. The fraction of sp³-hybridized carbons (Fsp3) is 0.364. The van der Waals surface area contributed by atoms with Gasteiger partial charge < -0.3 is 14.3 Å². The number of ether oxygens (including phenoxy) is 1. The summed E-state index contributed by atoms with van der Waals surface area (Å²) in [5, 5.41) is 10.3. The monoisotopic (exact) mass is 381 g/mol. The molecule has 2 aliphatic rings. The first kappa shape index (κ1) is 18.8. The first-order chi connectivity index (χ1) is 13.4. The minimum absolute atomic E-state index is 0.0879. The van der Waals surface area contributed by atoms with E-state index in [1.807, 2.05) is 0 Å². The number of nitrogens with zero attached hydrogens (tertiary/aromatic N) is 1. The van der Waals surface area contributed by atoms with Crippen LogP contribution in [0.1, 0.15) is 43.8 Å². The number of morpholine rings is 1. The van der Waals surface area contributed by atoms with Crippen LogP contribution in [0.3, 0.4) is 0 Å². The molecule has 6 nitrogen and oxygen atoms in total. The van der Waals surface area contributed by atoms with Gasteiger partial charge in [-0.3, -0.25) is 15.3 Å². The van der Waals surface area contributed by atoms with Gasteiger partial charge in [-0.2, -0.15) is 0 Å². The lowest BCUT2D eigenvalue weighted by molar-refractivity contribution is -0.940. The van der Waals surface area contributed by atoms with Crippen molar-refractivity contribution in [2.45, 2.75) is 19.0 Å². The number of rotatable bonds is 4. The van der Waals surface area contributed by atoms with Gasteiger partial charge in [0.2, 0.25) is 0 Å². The van der Waals surface area contributed by atoms with Crippen molar-refractivity contribution < 1.29 is 23.9 Å². The summed E-state index contributed by atoms with van der Waals surface area (Å²) in [6.07, 6.45) is 1.16. The normalized spacial score (nSPS) is 19.1. The van der Waals surface area contributed by atoms with Crippen LogP contribution in [0.4, 0.5) is 0 Å². The van der Waals surface area contributed by atoms with E-state index in [9.17, 15) is 14.7 Å². The van der Waals surface area contributed by atoms with E-state index in [2.05, 4.69) is 7.05 Å². The molecule has 1 aliphatic heterocycles. The number of ketones is 2. The average Bonchev–Trinajstić information content (AvgIpc) is 2.71. The predicted octanol–water partition coefficient (Wildman–Crippen LogP) is 1.86. The molecule has 0 amide bonds. The zero-order chi connectivity index (χ0) is 19.9. The highest BCUT2D eigenvalue weighted by molar-refractivity contribution is 6.29. The molecule has 146 valence electrons. The van der Waals surface area contributed by atoms with Gasteiger partial charge in [0.05, 0.1) is 25.8 Å². The average molecular weight is 381 g/mol. The van der Waals surface area contributed by atoms with E-state index in [1.54, 1.807) is 30.3 Å². The van der Waals surface area contributed by atoms with E-state index in [0.29, 0.717) is 42.7 Å². The maximum Gasteiger partial charge on any atom is 0.198 e. The summed E-state index contributed by atoms with van der Waals surface area (Å²) in [7, 11) is 2.13. The summed E-state index contributed by atoms with van der Waals surface area (Å²) in [5.41, 5.74) is 8.42. The number of fused-ring (bicyclic) bond motifs is 2. The molecule has 1 heterocycles. The van der Waals surface area contributed by atoms with Gasteiger partial charge in [0.15, 0.2) is 11.6 Å². The lowest BCUT2D eigenvalue weighted by Gasteiger charge is -2.42. The lowest BCUT2D eigenvalue weighted by atomic mass is 9.80. The van der Waals surface area contributed by atoms with Gasteiger partial charge in [0.1, 0.15) is 25.0 Å². The van der Waals surface area contributed by atoms with Crippen LogP contribution in [0.15, 0.2) is 36.4 Å². The van der Waals surface area contributed by atoms with Gasteiger partial charge >= 0.3 is 0 Å². The fourth-order valence-corrected chi connectivity index (χ4v) is 4.19. The minimum Gasteiger partial charge on any atom is -0.507 e. The first-order valence-electron chi connectivity index (χ1n) is 9.63. The minimum atomic E-state index is -0.305. The Morgan fingerprint density at radius 2 is 1.64 bits per heavy atom. The molecule has 28 heavy (non-hydrogen) atoms. The molecular weight excluding hydrogens is 356 g/mol. The SMILES string of the molecule is C[N+]1(C(N)CCc2ccc(O)c3c2C(=O)c2ccccc2C3=O)CCOCC1. The molecule has 6 heteroatoms. The molecule has 3 N–H and O–H groups in total. The molecule has 2 aromatic carbocycles. The van der Waals surface area contributed by atoms with Crippen LogP contribution in [0.2, 0.25) is 0 Å². The number of likely N-dealkylation sites (N-methyl/N-ethyl adjacent to an activating group) is 1.